The van der Waals surface area contributed by atoms with Gasteiger partial charge in [0.2, 0.25) is 0 Å². The summed E-state index contributed by atoms with van der Waals surface area (Å²) in [6.45, 7) is 1.97. The lowest BCUT2D eigenvalue weighted by molar-refractivity contribution is -0.295. The SMILES string of the molecule is CCCCCCCCC(=O)OCC1OC(OC)C(O)C(O)C1O. The molecule has 1 aliphatic heterocycles. The Bertz CT molecular complexity index is 334. The highest BCUT2D eigenvalue weighted by Crippen LogP contribution is 2.22. The van der Waals surface area contributed by atoms with Gasteiger partial charge in [-0.25, -0.2) is 0 Å². The molecule has 136 valence electrons. The predicted molar refractivity (Wildman–Crippen MR) is 82.6 cm³/mol. The molecule has 5 atom stereocenters. The molecule has 0 amide bonds. The van der Waals surface area contributed by atoms with Crippen molar-refractivity contribution >= 4 is 5.97 Å². The highest BCUT2D eigenvalue weighted by atomic mass is 16.7. The summed E-state index contributed by atoms with van der Waals surface area (Å²) >= 11 is 0. The number of unbranched alkanes of at least 4 members (excludes halogenated alkanes) is 5. The molecule has 0 aromatic heterocycles. The maximum Gasteiger partial charge on any atom is 0.305 e. The number of carbonyl (C=O) groups is 1. The molecule has 0 aliphatic carbocycles. The molecule has 7 nitrogen and oxygen atoms in total. The van der Waals surface area contributed by atoms with Crippen LogP contribution >= 0.6 is 0 Å². The van der Waals surface area contributed by atoms with Crippen LogP contribution in [0.4, 0.5) is 0 Å². The molecule has 1 heterocycles. The van der Waals surface area contributed by atoms with E-state index in [1.165, 1.54) is 26.4 Å². The van der Waals surface area contributed by atoms with Crippen LogP contribution in [0.15, 0.2) is 0 Å². The van der Waals surface area contributed by atoms with Crippen molar-refractivity contribution in [1.82, 2.24) is 0 Å². The van der Waals surface area contributed by atoms with Gasteiger partial charge in [-0.3, -0.25) is 4.79 Å². The van der Waals surface area contributed by atoms with Crippen molar-refractivity contribution in [3.8, 4) is 0 Å². The molecule has 3 N–H and O–H groups in total. The summed E-state index contributed by atoms with van der Waals surface area (Å²) in [6, 6.07) is 0. The quantitative estimate of drug-likeness (QED) is 0.399. The van der Waals surface area contributed by atoms with Gasteiger partial charge in [-0.2, -0.15) is 0 Å². The van der Waals surface area contributed by atoms with E-state index in [0.717, 1.165) is 19.3 Å². The standard InChI is InChI=1S/C16H30O7/c1-3-4-5-6-7-8-9-12(17)22-10-11-13(18)14(19)15(20)16(21-2)23-11/h11,13-16,18-20H,3-10H2,1-2H3. The van der Waals surface area contributed by atoms with Gasteiger partial charge < -0.3 is 29.5 Å². The van der Waals surface area contributed by atoms with E-state index in [-0.39, 0.29) is 12.6 Å². The van der Waals surface area contributed by atoms with Gasteiger partial charge in [0.1, 0.15) is 31.0 Å². The van der Waals surface area contributed by atoms with E-state index in [9.17, 15) is 20.1 Å². The maximum atomic E-state index is 11.7. The van der Waals surface area contributed by atoms with Crippen LogP contribution in [0.1, 0.15) is 51.9 Å². The van der Waals surface area contributed by atoms with E-state index in [0.29, 0.717) is 6.42 Å². The molecule has 1 aliphatic rings. The van der Waals surface area contributed by atoms with Crippen molar-refractivity contribution in [2.24, 2.45) is 0 Å². The average molecular weight is 334 g/mol. The Hall–Kier alpha value is -0.730. The lowest BCUT2D eigenvalue weighted by Crippen LogP contribution is -2.59. The monoisotopic (exact) mass is 334 g/mol. The van der Waals surface area contributed by atoms with Gasteiger partial charge in [-0.1, -0.05) is 39.0 Å². The van der Waals surface area contributed by atoms with Gasteiger partial charge in [0.15, 0.2) is 6.29 Å². The molecule has 0 radical (unpaired) electrons. The zero-order valence-electron chi connectivity index (χ0n) is 14.0. The zero-order chi connectivity index (χ0) is 17.2. The van der Waals surface area contributed by atoms with Crippen LogP contribution in [0.2, 0.25) is 0 Å². The van der Waals surface area contributed by atoms with E-state index in [2.05, 4.69) is 6.92 Å². The summed E-state index contributed by atoms with van der Waals surface area (Å²) in [5, 5.41) is 29.2. The van der Waals surface area contributed by atoms with Crippen LogP contribution < -0.4 is 0 Å². The third kappa shape index (κ3) is 6.73. The molecule has 0 aromatic rings. The molecule has 1 saturated heterocycles. The van der Waals surface area contributed by atoms with Crippen LogP contribution in [-0.2, 0) is 19.0 Å². The predicted octanol–water partition coefficient (Wildman–Crippen LogP) is 0.734. The number of methoxy groups -OCH3 is 1. The second kappa shape index (κ2) is 10.9. The van der Waals surface area contributed by atoms with Gasteiger partial charge in [0, 0.05) is 13.5 Å². The number of hydrogen-bond donors (Lipinski definition) is 3. The molecule has 7 heteroatoms. The number of esters is 1. The van der Waals surface area contributed by atoms with Gasteiger partial charge in [0.25, 0.3) is 0 Å². The Morgan fingerprint density at radius 1 is 1.00 bits per heavy atom. The largest absolute Gasteiger partial charge is 0.463 e. The Morgan fingerprint density at radius 2 is 1.65 bits per heavy atom. The Morgan fingerprint density at radius 3 is 2.30 bits per heavy atom. The van der Waals surface area contributed by atoms with Gasteiger partial charge in [-0.05, 0) is 6.42 Å². The third-order valence-corrected chi connectivity index (χ3v) is 4.04. The number of hydrogen-bond acceptors (Lipinski definition) is 7. The van der Waals surface area contributed by atoms with Crippen molar-refractivity contribution in [3.05, 3.63) is 0 Å². The third-order valence-electron chi connectivity index (χ3n) is 4.04. The van der Waals surface area contributed by atoms with E-state index in [4.69, 9.17) is 14.2 Å². The number of aliphatic hydroxyl groups is 3. The zero-order valence-corrected chi connectivity index (χ0v) is 14.0. The molecule has 0 spiro atoms. The molecular formula is C16H30O7. The van der Waals surface area contributed by atoms with Crippen LogP contribution in [0.5, 0.6) is 0 Å². The van der Waals surface area contributed by atoms with Crippen molar-refractivity contribution in [2.75, 3.05) is 13.7 Å². The van der Waals surface area contributed by atoms with E-state index in [1.54, 1.807) is 0 Å². The Kier molecular flexibility index (Phi) is 9.66. The lowest BCUT2D eigenvalue weighted by Gasteiger charge is -2.39. The fourth-order valence-corrected chi connectivity index (χ4v) is 2.55. The topological polar surface area (TPSA) is 105 Å². The number of ether oxygens (including phenoxy) is 3. The summed E-state index contributed by atoms with van der Waals surface area (Å²) in [7, 11) is 1.32. The number of aliphatic hydroxyl groups excluding tert-OH is 3. The molecule has 0 saturated carbocycles. The second-order valence-electron chi connectivity index (χ2n) is 5.95. The van der Waals surface area contributed by atoms with E-state index >= 15 is 0 Å². The molecule has 23 heavy (non-hydrogen) atoms. The first kappa shape index (κ1) is 20.3. The lowest BCUT2D eigenvalue weighted by atomic mass is 9.99. The van der Waals surface area contributed by atoms with E-state index < -0.39 is 30.7 Å². The number of rotatable bonds is 10. The summed E-state index contributed by atoms with van der Waals surface area (Å²) in [5.41, 5.74) is 0. The van der Waals surface area contributed by atoms with Crippen molar-refractivity contribution in [1.29, 1.82) is 0 Å². The van der Waals surface area contributed by atoms with Crippen LogP contribution in [0, 0.1) is 0 Å². The van der Waals surface area contributed by atoms with Gasteiger partial charge >= 0.3 is 5.97 Å². The molecule has 0 aromatic carbocycles. The van der Waals surface area contributed by atoms with Gasteiger partial charge in [-0.15, -0.1) is 0 Å². The second-order valence-corrected chi connectivity index (χ2v) is 5.95. The summed E-state index contributed by atoms with van der Waals surface area (Å²) in [5.74, 6) is -0.356. The maximum absolute atomic E-state index is 11.7. The Labute approximate surface area is 137 Å². The molecular weight excluding hydrogens is 304 g/mol. The highest BCUT2D eigenvalue weighted by Gasteiger charge is 2.44. The smallest absolute Gasteiger partial charge is 0.305 e. The molecule has 1 rings (SSSR count). The summed E-state index contributed by atoms with van der Waals surface area (Å²) in [4.78, 5) is 11.7. The molecule has 5 unspecified atom stereocenters. The van der Waals surface area contributed by atoms with Crippen LogP contribution in [0.3, 0.4) is 0 Å². The fourth-order valence-electron chi connectivity index (χ4n) is 2.55. The minimum Gasteiger partial charge on any atom is -0.463 e. The van der Waals surface area contributed by atoms with Gasteiger partial charge in [0.05, 0.1) is 0 Å². The van der Waals surface area contributed by atoms with Crippen LogP contribution in [0.25, 0.3) is 0 Å². The minimum absolute atomic E-state index is 0.181. The number of carbonyl (C=O) groups excluding carboxylic acids is 1. The first-order valence-electron chi connectivity index (χ1n) is 8.39. The summed E-state index contributed by atoms with van der Waals surface area (Å²) < 4.78 is 15.3. The van der Waals surface area contributed by atoms with Crippen molar-refractivity contribution in [3.63, 3.8) is 0 Å². The average Bonchev–Trinajstić information content (AvgIpc) is 2.55. The highest BCUT2D eigenvalue weighted by molar-refractivity contribution is 5.69. The first-order valence-corrected chi connectivity index (χ1v) is 8.39. The first-order chi connectivity index (χ1) is 11.0. The molecule has 1 fully saturated rings. The fraction of sp³-hybridized carbons (Fsp3) is 0.938. The Balaban J connectivity index is 2.24. The van der Waals surface area contributed by atoms with E-state index in [1.807, 2.05) is 0 Å². The molecule has 0 bridgehead atoms. The minimum atomic E-state index is -1.41. The van der Waals surface area contributed by atoms with Crippen molar-refractivity contribution < 1.29 is 34.3 Å². The van der Waals surface area contributed by atoms with Crippen LogP contribution in [-0.4, -0.2) is 65.7 Å². The van der Waals surface area contributed by atoms with Crippen molar-refractivity contribution in [2.45, 2.75) is 82.6 Å². The summed E-state index contributed by atoms with van der Waals surface area (Å²) in [6.07, 6.45) is 0.741. The normalized spacial score (nSPS) is 31.1.